The minimum absolute atomic E-state index is 0.373. The third kappa shape index (κ3) is 6.62. The molecule has 0 aliphatic rings. The summed E-state index contributed by atoms with van der Waals surface area (Å²) in [6, 6.07) is 0.746. The van der Waals surface area contributed by atoms with E-state index in [4.69, 9.17) is 11.5 Å². The highest BCUT2D eigenvalue weighted by atomic mass is 14.7. The molecule has 74 valence electrons. The van der Waals surface area contributed by atoms with E-state index in [9.17, 15) is 0 Å². The van der Waals surface area contributed by atoms with Crippen molar-refractivity contribution in [2.24, 2.45) is 11.5 Å². The standard InChI is InChI=1S/C10H24N2/c1-3-5-9(11)7-8-10(12)6-4-2/h9-10H,3-8,11-12H2,1-2H3. The van der Waals surface area contributed by atoms with Crippen LogP contribution in [-0.4, -0.2) is 12.1 Å². The van der Waals surface area contributed by atoms with Crippen molar-refractivity contribution >= 4 is 0 Å². The summed E-state index contributed by atoms with van der Waals surface area (Å²) in [7, 11) is 0. The normalized spacial score (nSPS) is 16.0. The summed E-state index contributed by atoms with van der Waals surface area (Å²) in [4.78, 5) is 0. The van der Waals surface area contributed by atoms with Gasteiger partial charge in [-0.1, -0.05) is 26.7 Å². The molecule has 0 aromatic carbocycles. The molecule has 2 nitrogen and oxygen atoms in total. The molecule has 0 aliphatic heterocycles. The largest absolute Gasteiger partial charge is 0.328 e. The van der Waals surface area contributed by atoms with Crippen LogP contribution in [0.4, 0.5) is 0 Å². The smallest absolute Gasteiger partial charge is 0.00393 e. The molecule has 0 bridgehead atoms. The molecule has 0 saturated carbocycles. The third-order valence-corrected chi connectivity index (χ3v) is 2.23. The Morgan fingerprint density at radius 1 is 0.750 bits per heavy atom. The molecule has 0 heterocycles. The van der Waals surface area contributed by atoms with Crippen molar-refractivity contribution in [1.82, 2.24) is 0 Å². The van der Waals surface area contributed by atoms with Gasteiger partial charge in [0.1, 0.15) is 0 Å². The second-order valence-electron chi connectivity index (χ2n) is 3.67. The average Bonchev–Trinajstić information content (AvgIpc) is 2.02. The maximum atomic E-state index is 5.87. The molecule has 2 unspecified atom stereocenters. The van der Waals surface area contributed by atoms with E-state index < -0.39 is 0 Å². The molecule has 2 heteroatoms. The molecule has 0 rings (SSSR count). The van der Waals surface area contributed by atoms with E-state index in [1.54, 1.807) is 0 Å². The number of rotatable bonds is 7. The van der Waals surface area contributed by atoms with Crippen molar-refractivity contribution in [3.05, 3.63) is 0 Å². The van der Waals surface area contributed by atoms with E-state index in [1.807, 2.05) is 0 Å². The Balaban J connectivity index is 3.27. The quantitative estimate of drug-likeness (QED) is 0.617. The molecule has 12 heavy (non-hydrogen) atoms. The molecule has 0 aromatic rings. The second-order valence-corrected chi connectivity index (χ2v) is 3.67. The predicted octanol–water partition coefficient (Wildman–Crippen LogP) is 2.02. The SMILES string of the molecule is CCCC(N)CCC(N)CCC. The van der Waals surface area contributed by atoms with Gasteiger partial charge in [-0.2, -0.15) is 0 Å². The van der Waals surface area contributed by atoms with Crippen LogP contribution in [-0.2, 0) is 0 Å². The molecular weight excluding hydrogens is 148 g/mol. The van der Waals surface area contributed by atoms with Gasteiger partial charge in [-0.15, -0.1) is 0 Å². The molecule has 0 aromatic heterocycles. The van der Waals surface area contributed by atoms with Crippen LogP contribution in [0.5, 0.6) is 0 Å². The van der Waals surface area contributed by atoms with Crippen LogP contribution >= 0.6 is 0 Å². The molecule has 0 fully saturated rings. The van der Waals surface area contributed by atoms with Gasteiger partial charge >= 0.3 is 0 Å². The summed E-state index contributed by atoms with van der Waals surface area (Å²) in [6.07, 6.45) is 6.83. The summed E-state index contributed by atoms with van der Waals surface area (Å²) >= 11 is 0. The van der Waals surface area contributed by atoms with Gasteiger partial charge in [0, 0.05) is 12.1 Å². The molecule has 0 radical (unpaired) electrons. The number of hydrogen-bond acceptors (Lipinski definition) is 2. The highest BCUT2D eigenvalue weighted by molar-refractivity contribution is 4.66. The van der Waals surface area contributed by atoms with Crippen LogP contribution in [0.2, 0.25) is 0 Å². The van der Waals surface area contributed by atoms with E-state index in [1.165, 1.54) is 12.8 Å². The Bertz CT molecular complexity index is 81.8. The van der Waals surface area contributed by atoms with E-state index in [-0.39, 0.29) is 0 Å². The molecule has 0 spiro atoms. The van der Waals surface area contributed by atoms with Crippen molar-refractivity contribution in [3.63, 3.8) is 0 Å². The zero-order valence-corrected chi connectivity index (χ0v) is 8.55. The van der Waals surface area contributed by atoms with Gasteiger partial charge in [0.05, 0.1) is 0 Å². The maximum absolute atomic E-state index is 5.87. The summed E-state index contributed by atoms with van der Waals surface area (Å²) in [5.74, 6) is 0. The number of hydrogen-bond donors (Lipinski definition) is 2. The van der Waals surface area contributed by atoms with Crippen molar-refractivity contribution in [2.75, 3.05) is 0 Å². The first-order valence-electron chi connectivity index (χ1n) is 5.21. The van der Waals surface area contributed by atoms with Gasteiger partial charge in [-0.05, 0) is 25.7 Å². The highest BCUT2D eigenvalue weighted by Gasteiger charge is 2.05. The zero-order valence-electron chi connectivity index (χ0n) is 8.55. The summed E-state index contributed by atoms with van der Waals surface area (Å²) in [5, 5.41) is 0. The van der Waals surface area contributed by atoms with Gasteiger partial charge in [-0.3, -0.25) is 0 Å². The monoisotopic (exact) mass is 172 g/mol. The lowest BCUT2D eigenvalue weighted by molar-refractivity contribution is 0.475. The van der Waals surface area contributed by atoms with Gasteiger partial charge in [0.2, 0.25) is 0 Å². The summed E-state index contributed by atoms with van der Waals surface area (Å²) in [6.45, 7) is 4.34. The minimum Gasteiger partial charge on any atom is -0.328 e. The third-order valence-electron chi connectivity index (χ3n) is 2.23. The number of nitrogens with two attached hydrogens (primary N) is 2. The first-order chi connectivity index (χ1) is 5.70. The maximum Gasteiger partial charge on any atom is 0.00393 e. The molecule has 2 atom stereocenters. The van der Waals surface area contributed by atoms with Crippen LogP contribution in [0.25, 0.3) is 0 Å². The Labute approximate surface area is 76.7 Å². The van der Waals surface area contributed by atoms with Crippen molar-refractivity contribution in [3.8, 4) is 0 Å². The molecule has 0 aliphatic carbocycles. The predicted molar refractivity (Wildman–Crippen MR) is 55.0 cm³/mol. The lowest BCUT2D eigenvalue weighted by Crippen LogP contribution is -2.25. The minimum atomic E-state index is 0.373. The molecule has 0 amide bonds. The van der Waals surface area contributed by atoms with E-state index >= 15 is 0 Å². The van der Waals surface area contributed by atoms with Gasteiger partial charge in [-0.25, -0.2) is 0 Å². The molecule has 0 saturated heterocycles. The Morgan fingerprint density at radius 2 is 1.08 bits per heavy atom. The lowest BCUT2D eigenvalue weighted by Gasteiger charge is -2.14. The lowest BCUT2D eigenvalue weighted by atomic mass is 10.0. The van der Waals surface area contributed by atoms with E-state index in [0.29, 0.717) is 12.1 Å². The van der Waals surface area contributed by atoms with Crippen molar-refractivity contribution in [2.45, 2.75) is 64.5 Å². The van der Waals surface area contributed by atoms with Crippen LogP contribution in [0.1, 0.15) is 52.4 Å². The molecule has 4 N–H and O–H groups in total. The van der Waals surface area contributed by atoms with E-state index in [2.05, 4.69) is 13.8 Å². The summed E-state index contributed by atoms with van der Waals surface area (Å²) < 4.78 is 0. The van der Waals surface area contributed by atoms with Gasteiger partial charge in [0.25, 0.3) is 0 Å². The highest BCUT2D eigenvalue weighted by Crippen LogP contribution is 2.06. The van der Waals surface area contributed by atoms with Gasteiger partial charge < -0.3 is 11.5 Å². The fraction of sp³-hybridized carbons (Fsp3) is 1.00. The van der Waals surface area contributed by atoms with Crippen molar-refractivity contribution in [1.29, 1.82) is 0 Å². The van der Waals surface area contributed by atoms with Crippen LogP contribution in [0, 0.1) is 0 Å². The summed E-state index contributed by atoms with van der Waals surface area (Å²) in [5.41, 5.74) is 11.7. The first-order valence-corrected chi connectivity index (χ1v) is 5.21. The topological polar surface area (TPSA) is 52.0 Å². The fourth-order valence-electron chi connectivity index (χ4n) is 1.46. The second kappa shape index (κ2) is 7.56. The zero-order chi connectivity index (χ0) is 9.40. The first kappa shape index (κ1) is 11.9. The Hall–Kier alpha value is -0.0800. The Kier molecular flexibility index (Phi) is 7.51. The average molecular weight is 172 g/mol. The Morgan fingerprint density at radius 3 is 1.33 bits per heavy atom. The molecular formula is C10H24N2. The van der Waals surface area contributed by atoms with Crippen LogP contribution < -0.4 is 11.5 Å². The van der Waals surface area contributed by atoms with Crippen molar-refractivity contribution < 1.29 is 0 Å². The fourth-order valence-corrected chi connectivity index (χ4v) is 1.46. The van der Waals surface area contributed by atoms with Gasteiger partial charge in [0.15, 0.2) is 0 Å². The van der Waals surface area contributed by atoms with Crippen LogP contribution in [0.3, 0.4) is 0 Å². The van der Waals surface area contributed by atoms with Crippen LogP contribution in [0.15, 0.2) is 0 Å². The van der Waals surface area contributed by atoms with E-state index in [0.717, 1.165) is 25.7 Å².